The topological polar surface area (TPSA) is 124 Å². The zero-order valence-electron chi connectivity index (χ0n) is 16.0. The predicted octanol–water partition coefficient (Wildman–Crippen LogP) is 3.57. The highest BCUT2D eigenvalue weighted by Gasteiger charge is 2.18. The number of anilines is 1. The van der Waals surface area contributed by atoms with Gasteiger partial charge in [0.15, 0.2) is 5.13 Å². The van der Waals surface area contributed by atoms with E-state index >= 15 is 0 Å². The first-order valence-corrected chi connectivity index (χ1v) is 11.3. The highest BCUT2D eigenvalue weighted by Crippen LogP contribution is 2.33. The molecule has 3 rings (SSSR count). The van der Waals surface area contributed by atoms with Crippen LogP contribution in [0.25, 0.3) is 0 Å². The summed E-state index contributed by atoms with van der Waals surface area (Å²) in [5, 5.41) is 7.85. The second kappa shape index (κ2) is 9.42. The van der Waals surface area contributed by atoms with Crippen molar-refractivity contribution in [2.45, 2.75) is 35.8 Å². The number of hydrogen-bond acceptors (Lipinski definition) is 9. The van der Waals surface area contributed by atoms with E-state index in [9.17, 15) is 9.59 Å². The molecule has 0 unspecified atom stereocenters. The molecule has 0 bridgehead atoms. The first-order valence-electron chi connectivity index (χ1n) is 8.54. The van der Waals surface area contributed by atoms with Gasteiger partial charge in [0.1, 0.15) is 10.8 Å². The maximum Gasteiger partial charge on any atom is 0.260 e. The number of carbonyl (C=O) groups is 2. The Hall–Kier alpha value is -2.37. The Morgan fingerprint density at radius 1 is 1.24 bits per heavy atom. The summed E-state index contributed by atoms with van der Waals surface area (Å²) in [5.41, 5.74) is 8.22. The van der Waals surface area contributed by atoms with Crippen molar-refractivity contribution in [3.63, 3.8) is 0 Å². The van der Waals surface area contributed by atoms with Crippen molar-refractivity contribution in [1.82, 2.24) is 15.1 Å². The van der Waals surface area contributed by atoms with Crippen molar-refractivity contribution in [3.8, 4) is 0 Å². The molecule has 0 saturated heterocycles. The van der Waals surface area contributed by atoms with Crippen LogP contribution < -0.4 is 11.1 Å². The summed E-state index contributed by atoms with van der Waals surface area (Å²) < 4.78 is 6.03. The van der Waals surface area contributed by atoms with Gasteiger partial charge in [-0.05, 0) is 32.9 Å². The van der Waals surface area contributed by atoms with E-state index in [-0.39, 0.29) is 11.7 Å². The molecule has 3 aromatic heterocycles. The van der Waals surface area contributed by atoms with Crippen molar-refractivity contribution >= 4 is 51.8 Å². The maximum absolute atomic E-state index is 12.8. The van der Waals surface area contributed by atoms with Crippen LogP contribution in [0.15, 0.2) is 32.1 Å². The Morgan fingerprint density at radius 2 is 2.03 bits per heavy atom. The molecule has 8 nitrogen and oxygen atoms in total. The van der Waals surface area contributed by atoms with Crippen molar-refractivity contribution in [2.75, 3.05) is 11.1 Å². The summed E-state index contributed by atoms with van der Waals surface area (Å²) in [5.74, 6) is 0.837. The fraction of sp³-hybridized carbons (Fsp3) is 0.278. The lowest BCUT2D eigenvalue weighted by Gasteiger charge is -2.07. The molecule has 0 spiro atoms. The summed E-state index contributed by atoms with van der Waals surface area (Å²) in [6.45, 7) is 5.57. The number of primary amides is 1. The van der Waals surface area contributed by atoms with Crippen LogP contribution in [0, 0.1) is 20.8 Å². The van der Waals surface area contributed by atoms with Gasteiger partial charge in [0.2, 0.25) is 5.91 Å². The van der Waals surface area contributed by atoms with Gasteiger partial charge in [-0.15, -0.1) is 23.5 Å². The van der Waals surface area contributed by atoms with Crippen LogP contribution in [0.2, 0.25) is 0 Å². The molecule has 0 radical (unpaired) electrons. The lowest BCUT2D eigenvalue weighted by molar-refractivity contribution is -0.115. The molecule has 29 heavy (non-hydrogen) atoms. The maximum atomic E-state index is 12.8. The normalized spacial score (nSPS) is 10.9. The third-order valence-electron chi connectivity index (χ3n) is 3.87. The first-order chi connectivity index (χ1) is 13.8. The average molecular weight is 450 g/mol. The third kappa shape index (κ3) is 5.37. The molecule has 2 amide bonds. The second-order valence-corrected chi connectivity index (χ2v) is 9.26. The number of nitrogens with one attached hydrogen (secondary N) is 1. The van der Waals surface area contributed by atoms with Gasteiger partial charge >= 0.3 is 0 Å². The van der Waals surface area contributed by atoms with Gasteiger partial charge in [0, 0.05) is 17.5 Å². The number of aryl methyl sites for hydroxylation is 3. The summed E-state index contributed by atoms with van der Waals surface area (Å²) in [6.07, 6.45) is 1.65. The molecule has 0 aromatic carbocycles. The van der Waals surface area contributed by atoms with Gasteiger partial charge in [-0.1, -0.05) is 16.5 Å². The van der Waals surface area contributed by atoms with Crippen molar-refractivity contribution in [1.29, 1.82) is 0 Å². The molecule has 0 saturated carbocycles. The van der Waals surface area contributed by atoms with E-state index in [1.165, 1.54) is 34.9 Å². The molecule has 3 N–H and O–H groups in total. The van der Waals surface area contributed by atoms with Gasteiger partial charge in [0.25, 0.3) is 5.91 Å². The highest BCUT2D eigenvalue weighted by atomic mass is 32.2. The van der Waals surface area contributed by atoms with E-state index in [0.717, 1.165) is 26.9 Å². The minimum atomic E-state index is -0.399. The lowest BCUT2D eigenvalue weighted by atomic mass is 10.2. The number of pyridine rings is 1. The smallest absolute Gasteiger partial charge is 0.260 e. The van der Waals surface area contributed by atoms with Gasteiger partial charge in [0.05, 0.1) is 26.9 Å². The van der Waals surface area contributed by atoms with Gasteiger partial charge in [-0.2, -0.15) is 0 Å². The minimum absolute atomic E-state index is 0.168. The average Bonchev–Trinajstić information content (AvgIpc) is 3.19. The van der Waals surface area contributed by atoms with Crippen LogP contribution in [0.5, 0.6) is 0 Å². The fourth-order valence-electron chi connectivity index (χ4n) is 2.40. The van der Waals surface area contributed by atoms with Crippen molar-refractivity contribution < 1.29 is 14.1 Å². The Morgan fingerprint density at radius 3 is 2.72 bits per heavy atom. The second-order valence-electron chi connectivity index (χ2n) is 6.05. The quantitative estimate of drug-likeness (QED) is 0.500. The molecule has 0 aliphatic heterocycles. The van der Waals surface area contributed by atoms with Gasteiger partial charge < -0.3 is 10.3 Å². The molecule has 0 atom stereocenters. The number of nitrogens with zero attached hydrogens (tertiary/aromatic N) is 3. The van der Waals surface area contributed by atoms with Crippen LogP contribution in [-0.4, -0.2) is 32.7 Å². The Kier molecular flexibility index (Phi) is 6.93. The SMILES string of the molecule is Cc1nc(NC(=O)c2cccnc2SCc2c(C)noc2C)sc1SCC(N)=O. The van der Waals surface area contributed by atoms with Crippen molar-refractivity contribution in [2.24, 2.45) is 5.73 Å². The standard InChI is InChI=1S/C18H19N5O3S3/c1-9-13(11(3)26-23-9)7-27-16-12(5-4-6-20-16)15(25)22-18-21-10(2)17(29-18)28-8-14(19)24/h4-6H,7-8H2,1-3H3,(H2,19,24)(H,21,22,25). The number of amides is 2. The summed E-state index contributed by atoms with van der Waals surface area (Å²) >= 11 is 4.07. The number of rotatable bonds is 8. The number of thioether (sulfide) groups is 2. The molecule has 152 valence electrons. The van der Waals surface area contributed by atoms with Crippen LogP contribution in [-0.2, 0) is 10.5 Å². The molecule has 0 aliphatic rings. The number of carbonyl (C=O) groups excluding carboxylic acids is 2. The number of thiazole rings is 1. The fourth-order valence-corrected chi connectivity index (χ4v) is 5.42. The highest BCUT2D eigenvalue weighted by molar-refractivity contribution is 8.01. The van der Waals surface area contributed by atoms with Crippen LogP contribution in [0.1, 0.15) is 33.1 Å². The summed E-state index contributed by atoms with van der Waals surface area (Å²) in [6, 6.07) is 3.44. The zero-order chi connectivity index (χ0) is 21.0. The summed E-state index contributed by atoms with van der Waals surface area (Å²) in [7, 11) is 0. The van der Waals surface area contributed by atoms with E-state index in [4.69, 9.17) is 10.3 Å². The lowest BCUT2D eigenvalue weighted by Crippen LogP contribution is -2.13. The molecule has 3 aromatic rings. The molecule has 11 heteroatoms. The van der Waals surface area contributed by atoms with E-state index in [1.807, 2.05) is 20.8 Å². The molecule has 3 heterocycles. The Labute approximate surface area is 180 Å². The van der Waals surface area contributed by atoms with Gasteiger partial charge in [-0.3, -0.25) is 14.9 Å². The third-order valence-corrected chi connectivity index (χ3v) is 7.36. The number of aromatic nitrogens is 3. The van der Waals surface area contributed by atoms with Crippen LogP contribution in [0.3, 0.4) is 0 Å². The monoisotopic (exact) mass is 449 g/mol. The molecular formula is C18H19N5O3S3. The van der Waals surface area contributed by atoms with Crippen LogP contribution in [0.4, 0.5) is 5.13 Å². The number of nitrogens with two attached hydrogens (primary N) is 1. The zero-order valence-corrected chi connectivity index (χ0v) is 18.5. The molecule has 0 aliphatic carbocycles. The summed E-state index contributed by atoms with van der Waals surface area (Å²) in [4.78, 5) is 32.5. The Balaban J connectivity index is 1.72. The first kappa shape index (κ1) is 21.3. The molecular weight excluding hydrogens is 430 g/mol. The minimum Gasteiger partial charge on any atom is -0.369 e. The van der Waals surface area contributed by atoms with E-state index in [1.54, 1.807) is 18.3 Å². The van der Waals surface area contributed by atoms with Crippen molar-refractivity contribution in [3.05, 3.63) is 46.6 Å². The van der Waals surface area contributed by atoms with Crippen LogP contribution >= 0.6 is 34.9 Å². The Bertz CT molecular complexity index is 1030. The number of hydrogen-bond donors (Lipinski definition) is 2. The largest absolute Gasteiger partial charge is 0.369 e. The van der Waals surface area contributed by atoms with E-state index in [0.29, 0.717) is 21.5 Å². The predicted molar refractivity (Wildman–Crippen MR) is 114 cm³/mol. The van der Waals surface area contributed by atoms with Gasteiger partial charge in [-0.25, -0.2) is 9.97 Å². The molecule has 0 fully saturated rings. The van der Waals surface area contributed by atoms with E-state index in [2.05, 4.69) is 20.4 Å². The van der Waals surface area contributed by atoms with E-state index < -0.39 is 5.91 Å².